The Bertz CT molecular complexity index is 713. The first-order chi connectivity index (χ1) is 10.6. The second kappa shape index (κ2) is 6.01. The first-order valence-electron chi connectivity index (χ1n) is 7.13. The lowest BCUT2D eigenvalue weighted by Gasteiger charge is -2.31. The molecule has 3 heterocycles. The number of hydrogen-bond donors (Lipinski definition) is 2. The molecule has 0 bridgehead atoms. The fourth-order valence-electron chi connectivity index (χ4n) is 2.72. The third-order valence-corrected chi connectivity index (χ3v) is 5.66. The lowest BCUT2D eigenvalue weighted by molar-refractivity contribution is 0.264. The van der Waals surface area contributed by atoms with Gasteiger partial charge in [0.05, 0.1) is 11.9 Å². The van der Waals surface area contributed by atoms with Crippen molar-refractivity contribution in [1.82, 2.24) is 24.7 Å². The molecule has 0 aromatic carbocycles. The standard InChI is InChI=1S/C13H18N6O2S/c14-13-4-3-11(17-18-13)6-10-2-1-5-19(9-10)22(20,21)12-7-15-16-8-12/h3-4,7-8,10H,1-2,5-6,9H2,(H2,14,18)(H,15,16). The van der Waals surface area contributed by atoms with Gasteiger partial charge in [0, 0.05) is 19.3 Å². The smallest absolute Gasteiger partial charge is 0.246 e. The predicted molar refractivity (Wildman–Crippen MR) is 80.2 cm³/mol. The van der Waals surface area contributed by atoms with E-state index in [4.69, 9.17) is 5.73 Å². The van der Waals surface area contributed by atoms with E-state index in [-0.39, 0.29) is 10.8 Å². The number of nitrogens with zero attached hydrogens (tertiary/aromatic N) is 4. The second-order valence-electron chi connectivity index (χ2n) is 5.46. The van der Waals surface area contributed by atoms with E-state index in [1.165, 1.54) is 16.7 Å². The molecule has 0 saturated carbocycles. The number of anilines is 1. The SMILES string of the molecule is Nc1ccc(CC2CCCN(S(=O)(=O)c3cn[nH]c3)C2)nn1. The third kappa shape index (κ3) is 3.09. The van der Waals surface area contributed by atoms with Gasteiger partial charge in [-0.3, -0.25) is 5.10 Å². The van der Waals surface area contributed by atoms with E-state index >= 15 is 0 Å². The van der Waals surface area contributed by atoms with Crippen molar-refractivity contribution in [3.05, 3.63) is 30.2 Å². The van der Waals surface area contributed by atoms with Gasteiger partial charge in [-0.15, -0.1) is 5.10 Å². The molecule has 3 rings (SSSR count). The van der Waals surface area contributed by atoms with Crippen molar-refractivity contribution in [3.63, 3.8) is 0 Å². The van der Waals surface area contributed by atoms with Crippen LogP contribution in [0.5, 0.6) is 0 Å². The molecular weight excluding hydrogens is 304 g/mol. The number of piperidine rings is 1. The Labute approximate surface area is 128 Å². The molecule has 2 aromatic heterocycles. The fourth-order valence-corrected chi connectivity index (χ4v) is 4.18. The van der Waals surface area contributed by atoms with Gasteiger partial charge in [-0.25, -0.2) is 8.42 Å². The molecule has 0 spiro atoms. The van der Waals surface area contributed by atoms with Gasteiger partial charge in [-0.05, 0) is 37.3 Å². The molecule has 8 nitrogen and oxygen atoms in total. The van der Waals surface area contributed by atoms with E-state index in [9.17, 15) is 8.42 Å². The number of aromatic nitrogens is 4. The normalized spacial score (nSPS) is 20.1. The van der Waals surface area contributed by atoms with Crippen molar-refractivity contribution >= 4 is 15.8 Å². The number of aromatic amines is 1. The molecule has 0 amide bonds. The van der Waals surface area contributed by atoms with Crippen molar-refractivity contribution in [3.8, 4) is 0 Å². The summed E-state index contributed by atoms with van der Waals surface area (Å²) >= 11 is 0. The van der Waals surface area contributed by atoms with E-state index in [0.29, 0.717) is 25.3 Å². The van der Waals surface area contributed by atoms with Gasteiger partial charge in [0.25, 0.3) is 0 Å². The molecule has 1 aliphatic rings. The Balaban J connectivity index is 1.70. The van der Waals surface area contributed by atoms with E-state index in [1.54, 1.807) is 6.07 Å². The maximum atomic E-state index is 12.5. The minimum absolute atomic E-state index is 0.209. The molecule has 2 aromatic rings. The number of nitrogens with two attached hydrogens (primary N) is 1. The van der Waals surface area contributed by atoms with Crippen molar-refractivity contribution in [2.24, 2.45) is 5.92 Å². The van der Waals surface area contributed by atoms with Crippen LogP contribution in [0.3, 0.4) is 0 Å². The summed E-state index contributed by atoms with van der Waals surface area (Å²) < 4.78 is 26.5. The van der Waals surface area contributed by atoms with Crippen LogP contribution in [0.4, 0.5) is 5.82 Å². The Morgan fingerprint density at radius 3 is 2.91 bits per heavy atom. The van der Waals surface area contributed by atoms with Gasteiger partial charge >= 0.3 is 0 Å². The highest BCUT2D eigenvalue weighted by atomic mass is 32.2. The molecule has 9 heteroatoms. The minimum atomic E-state index is -3.47. The Kier molecular flexibility index (Phi) is 4.08. The maximum absolute atomic E-state index is 12.5. The van der Waals surface area contributed by atoms with Crippen LogP contribution >= 0.6 is 0 Å². The Morgan fingerprint density at radius 2 is 2.23 bits per heavy atom. The van der Waals surface area contributed by atoms with E-state index < -0.39 is 10.0 Å². The summed E-state index contributed by atoms with van der Waals surface area (Å²) in [6, 6.07) is 3.55. The van der Waals surface area contributed by atoms with E-state index in [0.717, 1.165) is 18.5 Å². The van der Waals surface area contributed by atoms with E-state index in [1.807, 2.05) is 6.07 Å². The van der Waals surface area contributed by atoms with Crippen molar-refractivity contribution in [2.75, 3.05) is 18.8 Å². The highest BCUT2D eigenvalue weighted by molar-refractivity contribution is 7.89. The topological polar surface area (TPSA) is 118 Å². The number of nitrogens with one attached hydrogen (secondary N) is 1. The van der Waals surface area contributed by atoms with Crippen molar-refractivity contribution < 1.29 is 8.42 Å². The highest BCUT2D eigenvalue weighted by Gasteiger charge is 2.31. The fraction of sp³-hybridized carbons (Fsp3) is 0.462. The third-order valence-electron chi connectivity index (χ3n) is 3.83. The Morgan fingerprint density at radius 1 is 1.36 bits per heavy atom. The number of nitrogen functional groups attached to an aromatic ring is 1. The molecule has 118 valence electrons. The van der Waals surface area contributed by atoms with Crippen LogP contribution < -0.4 is 5.73 Å². The minimum Gasteiger partial charge on any atom is -0.382 e. The summed E-state index contributed by atoms with van der Waals surface area (Å²) in [7, 11) is -3.47. The molecule has 1 saturated heterocycles. The lowest BCUT2D eigenvalue weighted by Crippen LogP contribution is -2.40. The van der Waals surface area contributed by atoms with Gasteiger partial charge < -0.3 is 5.73 Å². The van der Waals surface area contributed by atoms with Gasteiger partial charge in [0.1, 0.15) is 10.7 Å². The van der Waals surface area contributed by atoms with Crippen LogP contribution in [-0.2, 0) is 16.4 Å². The van der Waals surface area contributed by atoms with Gasteiger partial charge in [0.15, 0.2) is 0 Å². The number of hydrogen-bond acceptors (Lipinski definition) is 6. The summed E-state index contributed by atoms with van der Waals surface area (Å²) in [6.45, 7) is 1.02. The average Bonchev–Trinajstić information content (AvgIpc) is 3.05. The highest BCUT2D eigenvalue weighted by Crippen LogP contribution is 2.25. The average molecular weight is 322 g/mol. The zero-order chi connectivity index (χ0) is 15.6. The number of rotatable bonds is 4. The van der Waals surface area contributed by atoms with Crippen LogP contribution in [-0.4, -0.2) is 46.2 Å². The molecule has 1 unspecified atom stereocenters. The van der Waals surface area contributed by atoms with Crippen LogP contribution in [0.1, 0.15) is 18.5 Å². The molecule has 1 aliphatic heterocycles. The van der Waals surface area contributed by atoms with Crippen LogP contribution in [0, 0.1) is 5.92 Å². The molecule has 3 N–H and O–H groups in total. The molecule has 1 atom stereocenters. The summed E-state index contributed by atoms with van der Waals surface area (Å²) in [4.78, 5) is 0.209. The number of sulfonamides is 1. The van der Waals surface area contributed by atoms with Crippen LogP contribution in [0.2, 0.25) is 0 Å². The van der Waals surface area contributed by atoms with Crippen molar-refractivity contribution in [2.45, 2.75) is 24.2 Å². The second-order valence-corrected chi connectivity index (χ2v) is 7.40. The van der Waals surface area contributed by atoms with Gasteiger partial charge in [-0.1, -0.05) is 0 Å². The summed E-state index contributed by atoms with van der Waals surface area (Å²) in [5.41, 5.74) is 6.36. The van der Waals surface area contributed by atoms with Gasteiger partial charge in [-0.2, -0.15) is 14.5 Å². The molecule has 0 aliphatic carbocycles. The zero-order valence-electron chi connectivity index (χ0n) is 12.0. The number of H-pyrrole nitrogens is 1. The van der Waals surface area contributed by atoms with E-state index in [2.05, 4.69) is 20.4 Å². The predicted octanol–water partition coefficient (Wildman–Crippen LogP) is 0.425. The summed E-state index contributed by atoms with van der Waals surface area (Å²) in [6.07, 6.45) is 5.26. The molecule has 22 heavy (non-hydrogen) atoms. The largest absolute Gasteiger partial charge is 0.382 e. The summed E-state index contributed by atoms with van der Waals surface area (Å²) in [5, 5.41) is 14.2. The first kappa shape index (κ1) is 14.9. The van der Waals surface area contributed by atoms with Crippen LogP contribution in [0.15, 0.2) is 29.4 Å². The quantitative estimate of drug-likeness (QED) is 0.842. The monoisotopic (exact) mass is 322 g/mol. The van der Waals surface area contributed by atoms with Gasteiger partial charge in [0.2, 0.25) is 10.0 Å². The maximum Gasteiger partial charge on any atom is 0.246 e. The first-order valence-corrected chi connectivity index (χ1v) is 8.57. The zero-order valence-corrected chi connectivity index (χ0v) is 12.8. The Hall–Kier alpha value is -2.00. The van der Waals surface area contributed by atoms with Crippen molar-refractivity contribution in [1.29, 1.82) is 0 Å². The van der Waals surface area contributed by atoms with Crippen LogP contribution in [0.25, 0.3) is 0 Å². The lowest BCUT2D eigenvalue weighted by atomic mass is 9.94. The molecular formula is C13H18N6O2S. The molecule has 1 fully saturated rings. The molecule has 0 radical (unpaired) electrons. The summed E-state index contributed by atoms with van der Waals surface area (Å²) in [5.74, 6) is 0.616.